The average Bonchev–Trinajstić information content (AvgIpc) is 2.94. The number of nitrogens with one attached hydrogen (secondary N) is 1. The average molecular weight is 460 g/mol. The fourth-order valence-electron chi connectivity index (χ4n) is 3.63. The predicted molar refractivity (Wildman–Crippen MR) is 119 cm³/mol. The van der Waals surface area contributed by atoms with E-state index in [1.807, 2.05) is 25.1 Å². The Morgan fingerprint density at radius 2 is 2.03 bits per heavy atom. The number of rotatable bonds is 4. The minimum Gasteiger partial charge on any atom is -0.324 e. The molecule has 1 atom stereocenters. The Kier molecular flexibility index (Phi) is 5.50. The minimum atomic E-state index is -3.83. The third-order valence-corrected chi connectivity index (χ3v) is 7.02. The first kappa shape index (κ1) is 21.3. The molecule has 9 nitrogen and oxygen atoms in total. The largest absolute Gasteiger partial charge is 0.324 e. The highest BCUT2D eigenvalue weighted by atomic mass is 32.2. The topological polar surface area (TPSA) is 127 Å². The lowest BCUT2D eigenvalue weighted by Crippen LogP contribution is -2.40. The monoisotopic (exact) mass is 459 g/mol. The van der Waals surface area contributed by atoms with Crippen molar-refractivity contribution in [3.05, 3.63) is 42.5 Å². The number of thioether (sulfide) groups is 1. The van der Waals surface area contributed by atoms with Crippen LogP contribution in [0.1, 0.15) is 13.3 Å². The van der Waals surface area contributed by atoms with Crippen molar-refractivity contribution in [1.29, 1.82) is 0 Å². The summed E-state index contributed by atoms with van der Waals surface area (Å²) in [5.74, 6) is -0.186. The Hall–Kier alpha value is -2.89. The highest BCUT2D eigenvalue weighted by Crippen LogP contribution is 2.32. The van der Waals surface area contributed by atoms with E-state index in [-0.39, 0.29) is 34.9 Å². The zero-order valence-electron chi connectivity index (χ0n) is 16.9. The van der Waals surface area contributed by atoms with Crippen LogP contribution in [0.25, 0.3) is 11.0 Å². The molecular weight excluding hydrogens is 438 g/mol. The quantitative estimate of drug-likeness (QED) is 0.575. The van der Waals surface area contributed by atoms with Gasteiger partial charge in [0, 0.05) is 19.5 Å². The van der Waals surface area contributed by atoms with Gasteiger partial charge in [-0.1, -0.05) is 23.9 Å². The number of fused-ring (bicyclic) bond motifs is 2. The van der Waals surface area contributed by atoms with Crippen molar-refractivity contribution < 1.29 is 18.0 Å². The predicted octanol–water partition coefficient (Wildman–Crippen LogP) is 2.08. The van der Waals surface area contributed by atoms with E-state index in [2.05, 4.69) is 10.3 Å². The molecule has 4 rings (SSSR count). The number of benzene rings is 2. The maximum absolute atomic E-state index is 13.1. The molecule has 1 unspecified atom stereocenters. The lowest BCUT2D eigenvalue weighted by molar-refractivity contribution is -0.117. The van der Waals surface area contributed by atoms with Gasteiger partial charge in [0.15, 0.2) is 5.16 Å². The molecule has 11 heteroatoms. The Morgan fingerprint density at radius 1 is 1.29 bits per heavy atom. The van der Waals surface area contributed by atoms with E-state index in [0.717, 1.165) is 5.52 Å². The molecule has 0 saturated carbocycles. The van der Waals surface area contributed by atoms with Gasteiger partial charge in [-0.25, -0.2) is 18.5 Å². The van der Waals surface area contributed by atoms with Crippen LogP contribution in [0.15, 0.2) is 52.5 Å². The lowest BCUT2D eigenvalue weighted by atomic mass is 10.2. The maximum Gasteiger partial charge on any atom is 0.238 e. The molecule has 2 heterocycles. The van der Waals surface area contributed by atoms with Gasteiger partial charge in [-0.2, -0.15) is 0 Å². The van der Waals surface area contributed by atoms with E-state index in [9.17, 15) is 18.0 Å². The number of hydrogen-bond donors (Lipinski definition) is 2. The van der Waals surface area contributed by atoms with E-state index >= 15 is 0 Å². The van der Waals surface area contributed by atoms with Gasteiger partial charge >= 0.3 is 0 Å². The van der Waals surface area contributed by atoms with Crippen LogP contribution in [0, 0.1) is 0 Å². The zero-order valence-corrected chi connectivity index (χ0v) is 18.5. The van der Waals surface area contributed by atoms with Crippen molar-refractivity contribution in [3.63, 3.8) is 0 Å². The van der Waals surface area contributed by atoms with Crippen LogP contribution in [-0.4, -0.2) is 41.6 Å². The third kappa shape index (κ3) is 4.16. The molecular formula is C20H21N5O4S2. The number of para-hydroxylation sites is 2. The fraction of sp³-hybridized carbons (Fsp3) is 0.250. The summed E-state index contributed by atoms with van der Waals surface area (Å²) in [5.41, 5.74) is 2.47. The van der Waals surface area contributed by atoms with Crippen molar-refractivity contribution in [2.45, 2.75) is 29.4 Å². The highest BCUT2D eigenvalue weighted by Gasteiger charge is 2.29. The Labute approximate surface area is 183 Å². The van der Waals surface area contributed by atoms with Gasteiger partial charge < -0.3 is 14.8 Å². The van der Waals surface area contributed by atoms with Crippen molar-refractivity contribution in [2.24, 2.45) is 12.2 Å². The van der Waals surface area contributed by atoms with Crippen LogP contribution in [0.5, 0.6) is 0 Å². The molecule has 1 aliphatic heterocycles. The molecule has 3 aromatic rings. The zero-order chi connectivity index (χ0) is 22.3. The number of nitrogens with two attached hydrogens (primary N) is 1. The van der Waals surface area contributed by atoms with E-state index in [1.165, 1.54) is 23.9 Å². The molecule has 0 saturated heterocycles. The molecule has 2 amide bonds. The summed E-state index contributed by atoms with van der Waals surface area (Å²) in [4.78, 5) is 31.4. The Balaban J connectivity index is 1.59. The van der Waals surface area contributed by atoms with Gasteiger partial charge in [-0.05, 0) is 37.3 Å². The molecule has 31 heavy (non-hydrogen) atoms. The summed E-state index contributed by atoms with van der Waals surface area (Å²) >= 11 is 1.25. The minimum absolute atomic E-state index is 0.0158. The second-order valence-corrected chi connectivity index (χ2v) is 9.82. The molecule has 2 aromatic carbocycles. The summed E-state index contributed by atoms with van der Waals surface area (Å²) < 4.78 is 25.0. The van der Waals surface area contributed by atoms with Gasteiger partial charge in [0.1, 0.15) is 0 Å². The number of imidazole rings is 1. The summed E-state index contributed by atoms with van der Waals surface area (Å²) in [6.07, 6.45) is 0.202. The third-order valence-electron chi connectivity index (χ3n) is 5.09. The highest BCUT2D eigenvalue weighted by molar-refractivity contribution is 7.99. The van der Waals surface area contributed by atoms with Crippen LogP contribution >= 0.6 is 11.8 Å². The van der Waals surface area contributed by atoms with Gasteiger partial charge in [0.2, 0.25) is 21.8 Å². The van der Waals surface area contributed by atoms with Crippen molar-refractivity contribution in [1.82, 2.24) is 9.55 Å². The number of carbonyl (C=O) groups is 2. The second-order valence-electron chi connectivity index (χ2n) is 7.32. The second kappa shape index (κ2) is 7.98. The molecule has 0 radical (unpaired) electrons. The number of hydrogen-bond acceptors (Lipinski definition) is 6. The Morgan fingerprint density at radius 3 is 2.77 bits per heavy atom. The number of carbonyl (C=O) groups excluding carboxylic acids is 2. The van der Waals surface area contributed by atoms with Crippen LogP contribution < -0.4 is 15.4 Å². The van der Waals surface area contributed by atoms with Crippen LogP contribution in [-0.2, 0) is 26.7 Å². The summed E-state index contributed by atoms with van der Waals surface area (Å²) in [6, 6.07) is 11.4. The van der Waals surface area contributed by atoms with E-state index in [4.69, 9.17) is 5.14 Å². The van der Waals surface area contributed by atoms with Crippen LogP contribution in [0.3, 0.4) is 0 Å². The number of primary sulfonamides is 1. The number of amides is 2. The van der Waals surface area contributed by atoms with Gasteiger partial charge in [0.05, 0.1) is 33.1 Å². The van der Waals surface area contributed by atoms with E-state index < -0.39 is 10.0 Å². The number of sulfonamides is 1. The number of aryl methyl sites for hydroxylation is 1. The molecule has 1 aromatic heterocycles. The molecule has 162 valence electrons. The van der Waals surface area contributed by atoms with Crippen LogP contribution in [0.2, 0.25) is 0 Å². The lowest BCUT2D eigenvalue weighted by Gasteiger charge is -2.27. The molecule has 0 fully saturated rings. The van der Waals surface area contributed by atoms with E-state index in [1.54, 1.807) is 28.6 Å². The van der Waals surface area contributed by atoms with Gasteiger partial charge in [-0.3, -0.25) is 9.59 Å². The van der Waals surface area contributed by atoms with Gasteiger partial charge in [0.25, 0.3) is 0 Å². The molecule has 0 aliphatic carbocycles. The standard InChI is InChI=1S/C20H21N5O4S2/c1-12-9-18(26)22-14-5-3-4-6-17(14)25(12)19(27)11-30-20-23-15-10-13(31(21,28)29)7-8-16(15)24(20)2/h3-8,10,12H,9,11H2,1-2H3,(H,22,26)(H2,21,28,29). The normalized spacial score (nSPS) is 16.7. The van der Waals surface area contributed by atoms with Gasteiger partial charge in [-0.15, -0.1) is 0 Å². The van der Waals surface area contributed by atoms with Crippen molar-refractivity contribution in [2.75, 3.05) is 16.0 Å². The van der Waals surface area contributed by atoms with E-state index in [0.29, 0.717) is 22.0 Å². The molecule has 3 N–H and O–H groups in total. The first-order valence-electron chi connectivity index (χ1n) is 9.48. The molecule has 0 spiro atoms. The number of nitrogens with zero attached hydrogens (tertiary/aromatic N) is 3. The SMILES string of the molecule is CC1CC(=O)Nc2ccccc2N1C(=O)CSc1nc2cc(S(N)(=O)=O)ccc2n1C. The Bertz CT molecular complexity index is 1300. The molecule has 0 bridgehead atoms. The first-order chi connectivity index (χ1) is 14.6. The fourth-order valence-corrected chi connectivity index (χ4v) is 5.01. The first-order valence-corrected chi connectivity index (χ1v) is 12.0. The number of anilines is 2. The molecule has 1 aliphatic rings. The summed E-state index contributed by atoms with van der Waals surface area (Å²) in [6.45, 7) is 1.84. The number of aromatic nitrogens is 2. The van der Waals surface area contributed by atoms with Crippen molar-refractivity contribution in [3.8, 4) is 0 Å². The smallest absolute Gasteiger partial charge is 0.238 e. The summed E-state index contributed by atoms with van der Waals surface area (Å²) in [5, 5.41) is 8.61. The maximum atomic E-state index is 13.1. The van der Waals surface area contributed by atoms with Crippen LogP contribution in [0.4, 0.5) is 11.4 Å². The summed E-state index contributed by atoms with van der Waals surface area (Å²) in [7, 11) is -2.03. The van der Waals surface area contributed by atoms with Crippen molar-refractivity contribution >= 4 is 56.0 Å².